The largest absolute Gasteiger partial charge is 0.490 e. The molecule has 2 rings (SSSR count). The molecule has 0 aliphatic rings. The Labute approximate surface area is 115 Å². The summed E-state index contributed by atoms with van der Waals surface area (Å²) < 4.78 is 12.2. The molecule has 0 spiro atoms. The summed E-state index contributed by atoms with van der Waals surface area (Å²) >= 11 is 3.47. The molecule has 4 heteroatoms. The van der Waals surface area contributed by atoms with E-state index in [-0.39, 0.29) is 0 Å². The van der Waals surface area contributed by atoms with Crippen molar-refractivity contribution in [2.24, 2.45) is 0 Å². The van der Waals surface area contributed by atoms with E-state index < -0.39 is 0 Å². The van der Waals surface area contributed by atoms with E-state index in [4.69, 9.17) is 9.47 Å². The van der Waals surface area contributed by atoms with Gasteiger partial charge in [-0.3, -0.25) is 0 Å². The van der Waals surface area contributed by atoms with Gasteiger partial charge in [-0.15, -0.1) is 0 Å². The zero-order valence-corrected chi connectivity index (χ0v) is 11.9. The lowest BCUT2D eigenvalue weighted by molar-refractivity contribution is 0.319. The maximum absolute atomic E-state index is 5.79. The Morgan fingerprint density at radius 2 is 1.89 bits per heavy atom. The molecule has 0 amide bonds. The molecule has 0 atom stereocenters. The fourth-order valence-electron chi connectivity index (χ4n) is 1.50. The Morgan fingerprint density at radius 1 is 1.17 bits per heavy atom. The van der Waals surface area contributed by atoms with Crippen LogP contribution in [0.1, 0.15) is 12.5 Å². The van der Waals surface area contributed by atoms with Crippen LogP contribution in [-0.2, 0) is 0 Å². The van der Waals surface area contributed by atoms with Crippen molar-refractivity contribution < 1.29 is 9.47 Å². The first kappa shape index (κ1) is 12.9. The molecular weight excluding hydrogens is 294 g/mol. The van der Waals surface area contributed by atoms with Crippen molar-refractivity contribution in [2.75, 3.05) is 6.61 Å². The molecule has 2 aromatic rings. The van der Waals surface area contributed by atoms with Gasteiger partial charge in [-0.25, -0.2) is 4.98 Å². The minimum absolute atomic E-state index is 0.544. The molecule has 1 heterocycles. The Balaban J connectivity index is 2.31. The number of nitrogens with zero attached hydrogens (tertiary/aromatic N) is 1. The first-order valence-electron chi connectivity index (χ1n) is 5.73. The van der Waals surface area contributed by atoms with E-state index in [9.17, 15) is 0 Å². The lowest BCUT2D eigenvalue weighted by Gasteiger charge is -2.12. The van der Waals surface area contributed by atoms with Gasteiger partial charge in [-0.2, -0.15) is 0 Å². The number of pyridine rings is 1. The fraction of sp³-hybridized carbons (Fsp3) is 0.214. The third-order valence-corrected chi connectivity index (χ3v) is 3.37. The number of halogens is 1. The second-order valence-corrected chi connectivity index (χ2v) is 4.52. The summed E-state index contributed by atoms with van der Waals surface area (Å²) in [5.41, 5.74) is 1.08. The van der Waals surface area contributed by atoms with Crippen LogP contribution in [-0.4, -0.2) is 11.6 Å². The van der Waals surface area contributed by atoms with E-state index in [1.54, 1.807) is 6.20 Å². The van der Waals surface area contributed by atoms with Crippen molar-refractivity contribution in [3.05, 3.63) is 46.6 Å². The highest BCUT2D eigenvalue weighted by atomic mass is 79.9. The van der Waals surface area contributed by atoms with Crippen molar-refractivity contribution in [3.8, 4) is 17.4 Å². The van der Waals surface area contributed by atoms with Crippen LogP contribution in [0.3, 0.4) is 0 Å². The zero-order chi connectivity index (χ0) is 13.0. The van der Waals surface area contributed by atoms with Crippen LogP contribution >= 0.6 is 15.9 Å². The summed E-state index contributed by atoms with van der Waals surface area (Å²) in [5.74, 6) is 1.93. The molecule has 94 valence electrons. The summed E-state index contributed by atoms with van der Waals surface area (Å²) in [7, 11) is 0. The number of rotatable bonds is 4. The van der Waals surface area contributed by atoms with E-state index in [0.29, 0.717) is 18.2 Å². The summed E-state index contributed by atoms with van der Waals surface area (Å²) in [6, 6.07) is 9.48. The number of hydrogen-bond acceptors (Lipinski definition) is 3. The number of aryl methyl sites for hydroxylation is 1. The zero-order valence-electron chi connectivity index (χ0n) is 10.3. The molecule has 1 aromatic heterocycles. The van der Waals surface area contributed by atoms with Gasteiger partial charge in [-0.05, 0) is 53.5 Å². The van der Waals surface area contributed by atoms with Crippen molar-refractivity contribution in [3.63, 3.8) is 0 Å². The quantitative estimate of drug-likeness (QED) is 0.842. The van der Waals surface area contributed by atoms with Crippen LogP contribution in [0.15, 0.2) is 41.0 Å². The Morgan fingerprint density at radius 3 is 2.61 bits per heavy atom. The minimum atomic E-state index is 0.544. The summed E-state index contributed by atoms with van der Waals surface area (Å²) in [6.45, 7) is 4.54. The van der Waals surface area contributed by atoms with Crippen LogP contribution in [0.25, 0.3) is 0 Å². The van der Waals surface area contributed by atoms with Gasteiger partial charge in [0, 0.05) is 6.20 Å². The Kier molecular flexibility index (Phi) is 4.20. The molecular formula is C14H14BrNO2. The first-order valence-corrected chi connectivity index (χ1v) is 6.52. The lowest BCUT2D eigenvalue weighted by atomic mass is 10.3. The van der Waals surface area contributed by atoms with Crippen LogP contribution in [0.2, 0.25) is 0 Å². The smallest absolute Gasteiger partial charge is 0.234 e. The average molecular weight is 308 g/mol. The number of benzene rings is 1. The SMILES string of the molecule is CCOc1ccccc1Oc1nccc(C)c1Br. The first-order chi connectivity index (χ1) is 8.72. The predicted molar refractivity (Wildman–Crippen MR) is 74.4 cm³/mol. The van der Waals surface area contributed by atoms with Gasteiger partial charge in [0.1, 0.15) is 0 Å². The fourth-order valence-corrected chi connectivity index (χ4v) is 1.82. The molecule has 0 bridgehead atoms. The van der Waals surface area contributed by atoms with Crippen molar-refractivity contribution in [1.29, 1.82) is 0 Å². The molecule has 0 saturated heterocycles. The molecule has 0 unspecified atom stereocenters. The molecule has 1 aromatic carbocycles. The summed E-state index contributed by atoms with van der Waals surface area (Å²) in [5, 5.41) is 0. The van der Waals surface area contributed by atoms with E-state index in [0.717, 1.165) is 15.8 Å². The Hall–Kier alpha value is -1.55. The second-order valence-electron chi connectivity index (χ2n) is 3.73. The van der Waals surface area contributed by atoms with Crippen LogP contribution in [0, 0.1) is 6.92 Å². The number of aromatic nitrogens is 1. The van der Waals surface area contributed by atoms with Gasteiger partial charge in [0.05, 0.1) is 11.1 Å². The molecule has 0 radical (unpaired) electrons. The maximum Gasteiger partial charge on any atom is 0.234 e. The van der Waals surface area contributed by atoms with Crippen molar-refractivity contribution in [2.45, 2.75) is 13.8 Å². The minimum Gasteiger partial charge on any atom is -0.490 e. The maximum atomic E-state index is 5.79. The Bertz CT molecular complexity index is 543. The standard InChI is InChI=1S/C14H14BrNO2/c1-3-17-11-6-4-5-7-12(11)18-14-13(15)10(2)8-9-16-14/h4-9H,3H2,1-2H3. The van der Waals surface area contributed by atoms with Gasteiger partial charge in [0.15, 0.2) is 11.5 Å². The van der Waals surface area contributed by atoms with Crippen LogP contribution < -0.4 is 9.47 Å². The van der Waals surface area contributed by atoms with E-state index in [1.165, 1.54) is 0 Å². The number of ether oxygens (including phenoxy) is 2. The predicted octanol–water partition coefficient (Wildman–Crippen LogP) is 4.34. The van der Waals surface area contributed by atoms with E-state index in [1.807, 2.05) is 44.2 Å². The van der Waals surface area contributed by atoms with Crippen molar-refractivity contribution in [1.82, 2.24) is 4.98 Å². The third-order valence-electron chi connectivity index (χ3n) is 2.41. The van der Waals surface area contributed by atoms with E-state index in [2.05, 4.69) is 20.9 Å². The molecule has 0 aliphatic heterocycles. The van der Waals surface area contributed by atoms with Gasteiger partial charge in [0.25, 0.3) is 0 Å². The molecule has 0 fully saturated rings. The monoisotopic (exact) mass is 307 g/mol. The molecule has 3 nitrogen and oxygen atoms in total. The van der Waals surface area contributed by atoms with E-state index >= 15 is 0 Å². The van der Waals surface area contributed by atoms with Crippen molar-refractivity contribution >= 4 is 15.9 Å². The molecule has 0 aliphatic carbocycles. The number of para-hydroxylation sites is 2. The topological polar surface area (TPSA) is 31.4 Å². The third kappa shape index (κ3) is 2.82. The molecule has 18 heavy (non-hydrogen) atoms. The number of hydrogen-bond donors (Lipinski definition) is 0. The average Bonchev–Trinajstić information content (AvgIpc) is 2.37. The highest BCUT2D eigenvalue weighted by Gasteiger charge is 2.10. The lowest BCUT2D eigenvalue weighted by Crippen LogP contribution is -1.96. The van der Waals surface area contributed by atoms with Crippen LogP contribution in [0.4, 0.5) is 0 Å². The summed E-state index contributed by atoms with van der Waals surface area (Å²) in [4.78, 5) is 4.21. The summed E-state index contributed by atoms with van der Waals surface area (Å²) in [6.07, 6.45) is 1.72. The molecule has 0 saturated carbocycles. The van der Waals surface area contributed by atoms with Gasteiger partial charge in [-0.1, -0.05) is 12.1 Å². The van der Waals surface area contributed by atoms with Gasteiger partial charge in [0.2, 0.25) is 5.88 Å². The van der Waals surface area contributed by atoms with Gasteiger partial charge >= 0.3 is 0 Å². The second kappa shape index (κ2) is 5.87. The molecule has 0 N–H and O–H groups in total. The normalized spacial score (nSPS) is 10.2. The van der Waals surface area contributed by atoms with Gasteiger partial charge < -0.3 is 9.47 Å². The van der Waals surface area contributed by atoms with Crippen LogP contribution in [0.5, 0.6) is 17.4 Å². The highest BCUT2D eigenvalue weighted by molar-refractivity contribution is 9.10. The highest BCUT2D eigenvalue weighted by Crippen LogP contribution is 2.34.